The van der Waals surface area contributed by atoms with E-state index in [1.54, 1.807) is 12.1 Å². The molecule has 0 radical (unpaired) electrons. The molecule has 1 aliphatic rings. The van der Waals surface area contributed by atoms with Gasteiger partial charge >= 0.3 is 11.9 Å². The van der Waals surface area contributed by atoms with E-state index >= 15 is 0 Å². The Balaban J connectivity index is 1.73. The minimum absolute atomic E-state index is 0.000980. The molecule has 2 aromatic carbocycles. The Labute approximate surface area is 157 Å². The number of amides is 2. The number of hydrogen-bond acceptors (Lipinski definition) is 6. The topological polar surface area (TPSA) is 124 Å². The van der Waals surface area contributed by atoms with Gasteiger partial charge in [0, 0.05) is 5.69 Å². The molecular weight excluding hydrogens is 372 g/mol. The van der Waals surface area contributed by atoms with Crippen molar-refractivity contribution in [1.82, 2.24) is 4.90 Å². The first-order valence-electron chi connectivity index (χ1n) is 7.80. The van der Waals surface area contributed by atoms with E-state index in [9.17, 15) is 24.3 Å². The number of para-hydroxylation sites is 1. The van der Waals surface area contributed by atoms with E-state index in [1.807, 2.05) is 0 Å². The highest BCUT2D eigenvalue weighted by Crippen LogP contribution is 2.30. The Bertz CT molecular complexity index is 928. The van der Waals surface area contributed by atoms with Crippen molar-refractivity contribution in [2.75, 3.05) is 5.32 Å². The van der Waals surface area contributed by atoms with E-state index in [1.165, 1.54) is 36.4 Å². The van der Waals surface area contributed by atoms with Gasteiger partial charge in [0.05, 0.1) is 17.7 Å². The SMILES string of the molecule is O=C(O)c1ccc(CN2C(=O)S[C@H](Nc3ccccc3C(=O)O)C2=O)cc1. The summed E-state index contributed by atoms with van der Waals surface area (Å²) in [5.74, 6) is -2.70. The second-order valence-corrected chi connectivity index (χ2v) is 6.74. The molecule has 0 aliphatic carbocycles. The van der Waals surface area contributed by atoms with Gasteiger partial charge in [-0.1, -0.05) is 24.3 Å². The number of nitrogens with one attached hydrogen (secondary N) is 1. The summed E-state index contributed by atoms with van der Waals surface area (Å²) >= 11 is 0.764. The van der Waals surface area contributed by atoms with Crippen LogP contribution in [0, 0.1) is 0 Å². The maximum atomic E-state index is 12.6. The van der Waals surface area contributed by atoms with Crippen LogP contribution in [0.3, 0.4) is 0 Å². The van der Waals surface area contributed by atoms with Crippen LogP contribution in [0.15, 0.2) is 48.5 Å². The molecule has 0 spiro atoms. The zero-order chi connectivity index (χ0) is 19.6. The summed E-state index contributed by atoms with van der Waals surface area (Å²) in [5, 5.41) is 19.5. The van der Waals surface area contributed by atoms with Crippen LogP contribution in [0.5, 0.6) is 0 Å². The van der Waals surface area contributed by atoms with Crippen molar-refractivity contribution < 1.29 is 29.4 Å². The largest absolute Gasteiger partial charge is 0.478 e. The lowest BCUT2D eigenvalue weighted by molar-refractivity contribution is -0.126. The van der Waals surface area contributed by atoms with Gasteiger partial charge < -0.3 is 15.5 Å². The summed E-state index contributed by atoms with van der Waals surface area (Å²) in [7, 11) is 0. The van der Waals surface area contributed by atoms with Gasteiger partial charge in [0.2, 0.25) is 0 Å². The highest BCUT2D eigenvalue weighted by molar-refractivity contribution is 8.15. The standard InChI is InChI=1S/C18H14N2O6S/c21-15-14(19-13-4-2-1-3-12(13)17(24)25)27-18(26)20(15)9-10-5-7-11(8-6-10)16(22)23/h1-8,14,19H,9H2,(H,22,23)(H,24,25)/t14-/m0/s1. The van der Waals surface area contributed by atoms with Crippen LogP contribution in [0.1, 0.15) is 26.3 Å². The van der Waals surface area contributed by atoms with E-state index < -0.39 is 28.5 Å². The van der Waals surface area contributed by atoms with Crippen LogP contribution in [0.25, 0.3) is 0 Å². The molecule has 138 valence electrons. The van der Waals surface area contributed by atoms with Crippen molar-refractivity contribution in [2.24, 2.45) is 0 Å². The number of carbonyl (C=O) groups excluding carboxylic acids is 2. The Morgan fingerprint density at radius 3 is 2.30 bits per heavy atom. The van der Waals surface area contributed by atoms with E-state index in [2.05, 4.69) is 5.32 Å². The number of nitrogens with zero attached hydrogens (tertiary/aromatic N) is 1. The molecule has 0 aromatic heterocycles. The summed E-state index contributed by atoms with van der Waals surface area (Å²) in [6.45, 7) is 0.00330. The molecular formula is C18H14N2O6S. The third-order valence-corrected chi connectivity index (χ3v) is 4.89. The number of carboxylic acid groups (broad SMARTS) is 2. The van der Waals surface area contributed by atoms with Crippen molar-refractivity contribution in [3.05, 3.63) is 65.2 Å². The van der Waals surface area contributed by atoms with Gasteiger partial charge in [-0.2, -0.15) is 0 Å². The van der Waals surface area contributed by atoms with E-state index in [-0.39, 0.29) is 23.4 Å². The zero-order valence-corrected chi connectivity index (χ0v) is 14.6. The van der Waals surface area contributed by atoms with E-state index in [0.717, 1.165) is 16.7 Å². The first-order valence-corrected chi connectivity index (χ1v) is 8.68. The maximum Gasteiger partial charge on any atom is 0.337 e. The van der Waals surface area contributed by atoms with Crippen molar-refractivity contribution in [2.45, 2.75) is 11.9 Å². The first-order chi connectivity index (χ1) is 12.9. The molecule has 1 atom stereocenters. The van der Waals surface area contributed by atoms with Gasteiger partial charge in [0.1, 0.15) is 0 Å². The van der Waals surface area contributed by atoms with Gasteiger partial charge in [-0.15, -0.1) is 0 Å². The molecule has 1 fully saturated rings. The van der Waals surface area contributed by atoms with Gasteiger partial charge in [0.15, 0.2) is 5.37 Å². The third-order valence-electron chi connectivity index (χ3n) is 3.92. The van der Waals surface area contributed by atoms with Crippen LogP contribution < -0.4 is 5.32 Å². The summed E-state index contributed by atoms with van der Waals surface area (Å²) in [6, 6.07) is 12.0. The molecule has 8 nitrogen and oxygen atoms in total. The number of hydrogen-bond donors (Lipinski definition) is 3. The third kappa shape index (κ3) is 3.93. The van der Waals surface area contributed by atoms with Crippen molar-refractivity contribution in [1.29, 1.82) is 0 Å². The monoisotopic (exact) mass is 386 g/mol. The quantitative estimate of drug-likeness (QED) is 0.692. The maximum absolute atomic E-state index is 12.6. The molecule has 27 heavy (non-hydrogen) atoms. The number of rotatable bonds is 6. The van der Waals surface area contributed by atoms with Crippen LogP contribution in [0.2, 0.25) is 0 Å². The highest BCUT2D eigenvalue weighted by atomic mass is 32.2. The summed E-state index contributed by atoms with van der Waals surface area (Å²) in [6.07, 6.45) is 0. The summed E-state index contributed by atoms with van der Waals surface area (Å²) < 4.78 is 0. The average molecular weight is 386 g/mol. The van der Waals surface area contributed by atoms with Crippen LogP contribution in [0.4, 0.5) is 10.5 Å². The Morgan fingerprint density at radius 1 is 1.00 bits per heavy atom. The fraction of sp³-hybridized carbons (Fsp3) is 0.111. The normalized spacial score (nSPS) is 16.4. The molecule has 0 bridgehead atoms. The number of carbonyl (C=O) groups is 4. The number of carboxylic acids is 2. The lowest BCUT2D eigenvalue weighted by Crippen LogP contribution is -2.34. The fourth-order valence-electron chi connectivity index (χ4n) is 2.55. The Hall–Kier alpha value is -3.33. The number of thioether (sulfide) groups is 1. The predicted octanol–water partition coefficient (Wildman–Crippen LogP) is 2.72. The van der Waals surface area contributed by atoms with Crippen LogP contribution in [-0.4, -0.2) is 43.6 Å². The van der Waals surface area contributed by atoms with Gasteiger partial charge in [0.25, 0.3) is 11.1 Å². The molecule has 1 aliphatic heterocycles. The number of benzene rings is 2. The molecule has 3 N–H and O–H groups in total. The smallest absolute Gasteiger partial charge is 0.337 e. The summed E-state index contributed by atoms with van der Waals surface area (Å²) in [5.41, 5.74) is 0.961. The minimum Gasteiger partial charge on any atom is -0.478 e. The van der Waals surface area contributed by atoms with Crippen molar-refractivity contribution in [3.8, 4) is 0 Å². The molecule has 1 saturated heterocycles. The first kappa shape index (κ1) is 18.5. The predicted molar refractivity (Wildman–Crippen MR) is 97.8 cm³/mol. The highest BCUT2D eigenvalue weighted by Gasteiger charge is 2.40. The molecule has 3 rings (SSSR count). The van der Waals surface area contributed by atoms with Crippen molar-refractivity contribution >= 4 is 40.5 Å². The number of imide groups is 1. The second kappa shape index (κ2) is 7.50. The molecule has 1 heterocycles. The van der Waals surface area contributed by atoms with E-state index in [0.29, 0.717) is 5.56 Å². The molecule has 0 unspecified atom stereocenters. The van der Waals surface area contributed by atoms with E-state index in [4.69, 9.17) is 5.11 Å². The fourth-order valence-corrected chi connectivity index (χ4v) is 3.45. The molecule has 0 saturated carbocycles. The Kier molecular flexibility index (Phi) is 5.13. The summed E-state index contributed by atoms with van der Waals surface area (Å²) in [4.78, 5) is 48.0. The number of anilines is 1. The molecule has 9 heteroatoms. The van der Waals surface area contributed by atoms with Crippen LogP contribution >= 0.6 is 11.8 Å². The van der Waals surface area contributed by atoms with Gasteiger partial charge in [-0.3, -0.25) is 14.5 Å². The second-order valence-electron chi connectivity index (χ2n) is 5.69. The molecule has 2 amide bonds. The lowest BCUT2D eigenvalue weighted by Gasteiger charge is -2.16. The van der Waals surface area contributed by atoms with Gasteiger partial charge in [-0.05, 0) is 41.6 Å². The zero-order valence-electron chi connectivity index (χ0n) is 13.8. The lowest BCUT2D eigenvalue weighted by atomic mass is 10.1. The van der Waals surface area contributed by atoms with Crippen LogP contribution in [-0.2, 0) is 11.3 Å². The van der Waals surface area contributed by atoms with Crippen molar-refractivity contribution in [3.63, 3.8) is 0 Å². The minimum atomic E-state index is -1.14. The molecule has 2 aromatic rings. The Morgan fingerprint density at radius 2 is 1.67 bits per heavy atom. The number of aromatic carboxylic acids is 2. The van der Waals surface area contributed by atoms with Gasteiger partial charge in [-0.25, -0.2) is 9.59 Å². The average Bonchev–Trinajstić information content (AvgIpc) is 2.90.